The van der Waals surface area contributed by atoms with Gasteiger partial charge in [-0.25, -0.2) is 0 Å². The molecule has 224 valence electrons. The summed E-state index contributed by atoms with van der Waals surface area (Å²) in [6.07, 6.45) is -18.2. The molecule has 0 aromatic carbocycles. The number of aliphatic hydroxyl groups is 7. The summed E-state index contributed by atoms with van der Waals surface area (Å²) < 4.78 is 22.4. The van der Waals surface area contributed by atoms with Gasteiger partial charge in [0, 0.05) is 17.5 Å². The number of amides is 1. The van der Waals surface area contributed by atoms with E-state index in [4.69, 9.17) is 41.7 Å². The van der Waals surface area contributed by atoms with Gasteiger partial charge in [0.15, 0.2) is 12.6 Å². The molecule has 1 saturated carbocycles. The number of carbonyl (C=O) groups excluding carboxylic acids is 1. The Hall–Kier alpha value is -1.78. The van der Waals surface area contributed by atoms with Crippen LogP contribution in [0.3, 0.4) is 0 Å². The number of nitrogens with two attached hydrogens (primary N) is 3. The number of ether oxygens (including phenoxy) is 4. The fourth-order valence-electron chi connectivity index (χ4n) is 4.85. The maximum Gasteiger partial charge on any atom is 0.226 e. The number of hydrogen-bond acceptors (Lipinski definition) is 16. The van der Waals surface area contributed by atoms with Crippen LogP contribution in [0.1, 0.15) is 6.42 Å². The van der Waals surface area contributed by atoms with Crippen molar-refractivity contribution in [1.82, 2.24) is 5.32 Å². The molecule has 1 amide bonds. The Kier molecular flexibility index (Phi) is 11.2. The van der Waals surface area contributed by atoms with Crippen LogP contribution in [0.25, 0.3) is 10.4 Å². The number of hydrogen-bond donors (Lipinski definition) is 11. The minimum Gasteiger partial charge on any atom is -0.394 e. The number of nitrogens with zero attached hydrogens (tertiary/aromatic N) is 3. The molecule has 2 saturated heterocycles. The lowest BCUT2D eigenvalue weighted by atomic mass is 9.83. The van der Waals surface area contributed by atoms with Crippen LogP contribution in [0, 0.1) is 0 Å². The fourth-order valence-corrected chi connectivity index (χ4v) is 4.85. The second-order valence-electron chi connectivity index (χ2n) is 9.69. The highest BCUT2D eigenvalue weighted by atomic mass is 16.7. The summed E-state index contributed by atoms with van der Waals surface area (Å²) in [5.41, 5.74) is 26.1. The molecular weight excluding hydrogens is 530 g/mol. The van der Waals surface area contributed by atoms with E-state index in [1.165, 1.54) is 0 Å². The molecule has 19 nitrogen and oxygen atoms in total. The van der Waals surface area contributed by atoms with Crippen LogP contribution in [0.2, 0.25) is 0 Å². The van der Waals surface area contributed by atoms with E-state index in [1.807, 2.05) is 0 Å². The average molecular weight is 568 g/mol. The second-order valence-corrected chi connectivity index (χ2v) is 9.69. The zero-order valence-corrected chi connectivity index (χ0v) is 20.7. The maximum absolute atomic E-state index is 12.3. The van der Waals surface area contributed by atoms with E-state index in [9.17, 15) is 40.5 Å². The summed E-state index contributed by atoms with van der Waals surface area (Å²) in [5, 5.41) is 77.7. The van der Waals surface area contributed by atoms with Gasteiger partial charge in [-0.1, -0.05) is 5.11 Å². The van der Waals surface area contributed by atoms with Crippen molar-refractivity contribution in [2.45, 2.75) is 98.2 Å². The standard InChI is InChI=1S/C20H37N7O12/c21-2-7-12(31)14(33)15(34)20(36-7)38-17-5(22)1-6(26-9(29)3-25-27-24)18(16(17)35)39-19-13(32)10(23)11(30)8(4-28)37-19/h5-8,10-20,28,30-35H,1-4,21-23H2,(H,26,29)/t5?,6-,7?,8?,10-,11-,12-,13?,14+,15?,16?,17-,18-,19-,20-/m1/s1. The minimum atomic E-state index is -1.75. The molecule has 1 aliphatic carbocycles. The zero-order chi connectivity index (χ0) is 29.0. The third-order valence-corrected chi connectivity index (χ3v) is 7.06. The summed E-state index contributed by atoms with van der Waals surface area (Å²) >= 11 is 0. The second kappa shape index (κ2) is 13.7. The van der Waals surface area contributed by atoms with Crippen molar-refractivity contribution in [2.75, 3.05) is 19.7 Å². The SMILES string of the molecule is [N-]=[N+]=NCC(=O)N[C@@H]1CC(N)[C@@H](O[C@H]2OC(CN)[C@@H](O)[C@H](O)C2O)C(O)[C@@H]1O[C@H]1OC(CO)[C@@H](O)[C@@H](N)C1O. The van der Waals surface area contributed by atoms with E-state index < -0.39 is 111 Å². The topological polar surface area (TPSA) is 334 Å². The first-order valence-electron chi connectivity index (χ1n) is 12.3. The van der Waals surface area contributed by atoms with Crippen LogP contribution in [-0.2, 0) is 23.7 Å². The van der Waals surface area contributed by atoms with Crippen molar-refractivity contribution in [3.8, 4) is 0 Å². The van der Waals surface area contributed by atoms with Gasteiger partial charge in [-0.05, 0) is 12.0 Å². The number of azide groups is 1. The molecule has 0 radical (unpaired) electrons. The van der Waals surface area contributed by atoms with Crippen molar-refractivity contribution in [3.05, 3.63) is 10.4 Å². The summed E-state index contributed by atoms with van der Waals surface area (Å²) in [4.78, 5) is 14.8. The summed E-state index contributed by atoms with van der Waals surface area (Å²) in [6, 6.07) is -3.41. The predicted molar refractivity (Wildman–Crippen MR) is 126 cm³/mol. The number of rotatable bonds is 9. The van der Waals surface area contributed by atoms with Gasteiger partial charge in [-0.15, -0.1) is 0 Å². The Balaban J connectivity index is 1.84. The lowest BCUT2D eigenvalue weighted by Crippen LogP contribution is -2.69. The van der Waals surface area contributed by atoms with E-state index in [0.29, 0.717) is 0 Å². The molecule has 0 aromatic rings. The van der Waals surface area contributed by atoms with Gasteiger partial charge in [0.1, 0.15) is 67.6 Å². The normalized spacial score (nSPS) is 46.8. The van der Waals surface area contributed by atoms with Crippen molar-refractivity contribution in [1.29, 1.82) is 0 Å². The Labute approximate surface area is 222 Å². The monoisotopic (exact) mass is 567 g/mol. The maximum atomic E-state index is 12.3. The molecule has 2 heterocycles. The molecule has 3 aliphatic rings. The molecule has 39 heavy (non-hydrogen) atoms. The Morgan fingerprint density at radius 2 is 1.54 bits per heavy atom. The van der Waals surface area contributed by atoms with Crippen molar-refractivity contribution >= 4 is 5.91 Å². The van der Waals surface area contributed by atoms with Gasteiger partial charge in [0.2, 0.25) is 5.91 Å². The molecule has 2 aliphatic heterocycles. The fraction of sp³-hybridized carbons (Fsp3) is 0.950. The molecule has 6 unspecified atom stereocenters. The van der Waals surface area contributed by atoms with Crippen LogP contribution in [0.5, 0.6) is 0 Å². The highest BCUT2D eigenvalue weighted by molar-refractivity contribution is 5.78. The molecule has 19 heteroatoms. The Morgan fingerprint density at radius 3 is 2.15 bits per heavy atom. The van der Waals surface area contributed by atoms with E-state index in [-0.39, 0.29) is 13.0 Å². The third-order valence-electron chi connectivity index (χ3n) is 7.06. The quantitative estimate of drug-likeness (QED) is 0.0700. The molecule has 0 bridgehead atoms. The molecular formula is C20H37N7O12. The first kappa shape index (κ1) is 31.7. The van der Waals surface area contributed by atoms with Crippen molar-refractivity contribution in [3.63, 3.8) is 0 Å². The number of carbonyl (C=O) groups is 1. The highest BCUT2D eigenvalue weighted by Crippen LogP contribution is 2.32. The third kappa shape index (κ3) is 6.93. The number of aliphatic hydroxyl groups excluding tert-OH is 7. The summed E-state index contributed by atoms with van der Waals surface area (Å²) in [5.74, 6) is -0.746. The van der Waals surface area contributed by atoms with E-state index in [2.05, 4.69) is 15.3 Å². The largest absolute Gasteiger partial charge is 0.394 e. The molecule has 3 rings (SSSR count). The first-order valence-corrected chi connectivity index (χ1v) is 12.3. The number of nitrogens with one attached hydrogen (secondary N) is 1. The lowest BCUT2D eigenvalue weighted by molar-refractivity contribution is -0.332. The smallest absolute Gasteiger partial charge is 0.226 e. The van der Waals surface area contributed by atoms with Crippen molar-refractivity contribution in [2.24, 2.45) is 22.3 Å². The van der Waals surface area contributed by atoms with Crippen molar-refractivity contribution < 1.29 is 59.5 Å². The van der Waals surface area contributed by atoms with Gasteiger partial charge in [-0.2, -0.15) is 0 Å². The molecule has 14 N–H and O–H groups in total. The van der Waals surface area contributed by atoms with Gasteiger partial charge in [0.05, 0.1) is 18.7 Å². The lowest BCUT2D eigenvalue weighted by Gasteiger charge is -2.48. The highest BCUT2D eigenvalue weighted by Gasteiger charge is 2.52. The zero-order valence-electron chi connectivity index (χ0n) is 20.7. The predicted octanol–water partition coefficient (Wildman–Crippen LogP) is -6.82. The molecule has 0 spiro atoms. The van der Waals surface area contributed by atoms with Gasteiger partial charge >= 0.3 is 0 Å². The summed E-state index contributed by atoms with van der Waals surface area (Å²) in [7, 11) is 0. The van der Waals surface area contributed by atoms with Gasteiger partial charge in [-0.3, -0.25) is 4.79 Å². The molecule has 3 fully saturated rings. The molecule has 0 aromatic heterocycles. The molecule has 15 atom stereocenters. The Bertz CT molecular complexity index is 867. The summed E-state index contributed by atoms with van der Waals surface area (Å²) in [6.45, 7) is -1.49. The van der Waals surface area contributed by atoms with Crippen LogP contribution >= 0.6 is 0 Å². The van der Waals surface area contributed by atoms with Gasteiger partial charge < -0.3 is 77.2 Å². The van der Waals surface area contributed by atoms with Gasteiger partial charge in [0.25, 0.3) is 0 Å². The van der Waals surface area contributed by atoms with Crippen LogP contribution in [0.4, 0.5) is 0 Å². The van der Waals surface area contributed by atoms with E-state index in [0.717, 1.165) is 0 Å². The van der Waals surface area contributed by atoms with E-state index in [1.54, 1.807) is 0 Å². The average Bonchev–Trinajstić information content (AvgIpc) is 2.91. The minimum absolute atomic E-state index is 0.121. The van der Waals surface area contributed by atoms with Crippen LogP contribution in [0.15, 0.2) is 5.11 Å². The van der Waals surface area contributed by atoms with E-state index >= 15 is 0 Å². The first-order chi connectivity index (χ1) is 18.4. The van der Waals surface area contributed by atoms with Crippen LogP contribution in [-0.4, -0.2) is 153 Å². The van der Waals surface area contributed by atoms with Crippen LogP contribution < -0.4 is 22.5 Å². The Morgan fingerprint density at radius 1 is 0.923 bits per heavy atom.